The summed E-state index contributed by atoms with van der Waals surface area (Å²) in [7, 11) is 0. The van der Waals surface area contributed by atoms with E-state index in [4.69, 9.17) is 9.97 Å². The first-order valence-electron chi connectivity index (χ1n) is 11.5. The standard InChI is InChI=1S/C23H28N6O3/c1-16-6-7-17(14-20(16)29(31)32)22(30)28-13-8-19-18(15-28)21(26-9-2-3-10-26)25-23(24-19)27-11-4-5-12-27/h6-7,14H,2-5,8-13,15H2,1H3. The number of hydrogen-bond donors (Lipinski definition) is 0. The molecular formula is C23H28N6O3. The Kier molecular flexibility index (Phi) is 5.40. The minimum atomic E-state index is -0.434. The topological polar surface area (TPSA) is 95.7 Å². The Morgan fingerprint density at radius 3 is 2.38 bits per heavy atom. The van der Waals surface area contributed by atoms with Crippen molar-refractivity contribution < 1.29 is 9.72 Å². The van der Waals surface area contributed by atoms with Crippen LogP contribution in [0.15, 0.2) is 18.2 Å². The predicted molar refractivity (Wildman–Crippen MR) is 121 cm³/mol. The van der Waals surface area contributed by atoms with Crippen LogP contribution in [0, 0.1) is 17.0 Å². The molecule has 1 aromatic carbocycles. The van der Waals surface area contributed by atoms with Crippen LogP contribution in [-0.2, 0) is 13.0 Å². The van der Waals surface area contributed by atoms with Crippen LogP contribution in [0.5, 0.6) is 0 Å². The maximum Gasteiger partial charge on any atom is 0.273 e. The molecule has 5 rings (SSSR count). The Balaban J connectivity index is 1.46. The molecule has 0 saturated carbocycles. The summed E-state index contributed by atoms with van der Waals surface area (Å²) in [5.74, 6) is 1.59. The zero-order valence-corrected chi connectivity index (χ0v) is 18.4. The number of fused-ring (bicyclic) bond motifs is 1. The molecule has 9 nitrogen and oxygen atoms in total. The number of aryl methyl sites for hydroxylation is 1. The van der Waals surface area contributed by atoms with Crippen LogP contribution < -0.4 is 9.80 Å². The van der Waals surface area contributed by atoms with E-state index >= 15 is 0 Å². The minimum absolute atomic E-state index is 0.0235. The van der Waals surface area contributed by atoms with Gasteiger partial charge in [-0.05, 0) is 38.7 Å². The summed E-state index contributed by atoms with van der Waals surface area (Å²) in [5, 5.41) is 11.3. The minimum Gasteiger partial charge on any atom is -0.356 e. The molecule has 0 N–H and O–H groups in total. The van der Waals surface area contributed by atoms with Gasteiger partial charge in [-0.15, -0.1) is 0 Å². The third-order valence-electron chi connectivity index (χ3n) is 6.76. The highest BCUT2D eigenvalue weighted by Gasteiger charge is 2.31. The van der Waals surface area contributed by atoms with Crippen LogP contribution in [-0.4, -0.2) is 58.4 Å². The quantitative estimate of drug-likeness (QED) is 0.537. The van der Waals surface area contributed by atoms with Crippen molar-refractivity contribution in [3.63, 3.8) is 0 Å². The van der Waals surface area contributed by atoms with Crippen molar-refractivity contribution in [2.75, 3.05) is 42.5 Å². The average molecular weight is 437 g/mol. The number of aromatic nitrogens is 2. The van der Waals surface area contributed by atoms with Gasteiger partial charge in [0.25, 0.3) is 11.6 Å². The number of nitro benzene ring substituents is 1. The Bertz CT molecular complexity index is 1060. The number of nitro groups is 1. The molecular weight excluding hydrogens is 408 g/mol. The van der Waals surface area contributed by atoms with E-state index in [1.54, 1.807) is 24.0 Å². The maximum absolute atomic E-state index is 13.2. The van der Waals surface area contributed by atoms with Gasteiger partial charge < -0.3 is 14.7 Å². The molecule has 3 aliphatic rings. The molecule has 0 unspecified atom stereocenters. The first-order valence-corrected chi connectivity index (χ1v) is 11.5. The Hall–Kier alpha value is -3.23. The molecule has 9 heteroatoms. The molecule has 0 bridgehead atoms. The molecule has 168 valence electrons. The van der Waals surface area contributed by atoms with E-state index in [1.807, 2.05) is 0 Å². The van der Waals surface area contributed by atoms with Crippen LogP contribution in [0.25, 0.3) is 0 Å². The molecule has 0 radical (unpaired) electrons. The van der Waals surface area contributed by atoms with Crippen LogP contribution in [0.4, 0.5) is 17.5 Å². The highest BCUT2D eigenvalue weighted by Crippen LogP contribution is 2.32. The zero-order chi connectivity index (χ0) is 22.2. The largest absolute Gasteiger partial charge is 0.356 e. The van der Waals surface area contributed by atoms with Gasteiger partial charge in [-0.1, -0.05) is 6.07 Å². The lowest BCUT2D eigenvalue weighted by atomic mass is 10.0. The Labute approximate surface area is 187 Å². The van der Waals surface area contributed by atoms with Crippen molar-refractivity contribution >= 4 is 23.4 Å². The fraction of sp³-hybridized carbons (Fsp3) is 0.522. The van der Waals surface area contributed by atoms with Crippen molar-refractivity contribution in [3.8, 4) is 0 Å². The lowest BCUT2D eigenvalue weighted by Gasteiger charge is -2.32. The first-order chi connectivity index (χ1) is 15.5. The summed E-state index contributed by atoms with van der Waals surface area (Å²) in [4.78, 5) is 40.4. The highest BCUT2D eigenvalue weighted by molar-refractivity contribution is 5.95. The zero-order valence-electron chi connectivity index (χ0n) is 18.4. The number of carbonyl (C=O) groups excluding carboxylic acids is 1. The van der Waals surface area contributed by atoms with E-state index in [-0.39, 0.29) is 11.6 Å². The number of rotatable bonds is 4. The summed E-state index contributed by atoms with van der Waals surface area (Å²) in [6.07, 6.45) is 5.30. The Morgan fingerprint density at radius 1 is 1.00 bits per heavy atom. The van der Waals surface area contributed by atoms with Gasteiger partial charge in [-0.3, -0.25) is 14.9 Å². The number of anilines is 2. The summed E-state index contributed by atoms with van der Waals surface area (Å²) >= 11 is 0. The molecule has 0 aliphatic carbocycles. The lowest BCUT2D eigenvalue weighted by Crippen LogP contribution is -2.38. The van der Waals surface area contributed by atoms with Crippen molar-refractivity contribution in [3.05, 3.63) is 50.7 Å². The lowest BCUT2D eigenvalue weighted by molar-refractivity contribution is -0.385. The molecule has 1 amide bonds. The molecule has 1 aromatic heterocycles. The number of carbonyl (C=O) groups is 1. The number of benzene rings is 1. The van der Waals surface area contributed by atoms with Crippen LogP contribution in [0.1, 0.15) is 52.9 Å². The van der Waals surface area contributed by atoms with Crippen molar-refractivity contribution in [1.82, 2.24) is 14.9 Å². The van der Waals surface area contributed by atoms with Crippen molar-refractivity contribution in [1.29, 1.82) is 0 Å². The number of hydrogen-bond acceptors (Lipinski definition) is 7. The normalized spacial score (nSPS) is 18.2. The van der Waals surface area contributed by atoms with Gasteiger partial charge in [0.05, 0.1) is 17.2 Å². The summed E-state index contributed by atoms with van der Waals surface area (Å²) in [6, 6.07) is 4.71. The first kappa shape index (κ1) is 20.7. The molecule has 2 saturated heterocycles. The van der Waals surface area contributed by atoms with E-state index < -0.39 is 4.92 Å². The van der Waals surface area contributed by atoms with Crippen LogP contribution >= 0.6 is 0 Å². The summed E-state index contributed by atoms with van der Waals surface area (Å²) in [6.45, 7) is 6.60. The van der Waals surface area contributed by atoms with E-state index in [0.29, 0.717) is 30.6 Å². The van der Waals surface area contributed by atoms with Gasteiger partial charge in [0, 0.05) is 61.9 Å². The summed E-state index contributed by atoms with van der Waals surface area (Å²) < 4.78 is 0. The highest BCUT2D eigenvalue weighted by atomic mass is 16.6. The average Bonchev–Trinajstić information content (AvgIpc) is 3.52. The van der Waals surface area contributed by atoms with E-state index in [0.717, 1.165) is 62.0 Å². The molecule has 0 spiro atoms. The van der Waals surface area contributed by atoms with Crippen LogP contribution in [0.3, 0.4) is 0 Å². The second-order valence-electron chi connectivity index (χ2n) is 8.90. The molecule has 32 heavy (non-hydrogen) atoms. The fourth-order valence-electron chi connectivity index (χ4n) is 4.93. The van der Waals surface area contributed by atoms with E-state index in [2.05, 4.69) is 9.80 Å². The van der Waals surface area contributed by atoms with Crippen molar-refractivity contribution in [2.24, 2.45) is 0 Å². The van der Waals surface area contributed by atoms with E-state index in [9.17, 15) is 14.9 Å². The number of nitrogens with zero attached hydrogens (tertiary/aromatic N) is 6. The third-order valence-corrected chi connectivity index (χ3v) is 6.76. The molecule has 2 aromatic rings. The van der Waals surface area contributed by atoms with Gasteiger partial charge in [-0.25, -0.2) is 4.98 Å². The van der Waals surface area contributed by atoms with Gasteiger partial charge in [0.15, 0.2) is 0 Å². The smallest absolute Gasteiger partial charge is 0.273 e. The van der Waals surface area contributed by atoms with Gasteiger partial charge in [0.2, 0.25) is 5.95 Å². The molecule has 4 heterocycles. The van der Waals surface area contributed by atoms with Crippen molar-refractivity contribution in [2.45, 2.75) is 45.6 Å². The third kappa shape index (κ3) is 3.76. The second-order valence-corrected chi connectivity index (χ2v) is 8.90. The molecule has 3 aliphatic heterocycles. The second kappa shape index (κ2) is 8.37. The molecule has 2 fully saturated rings. The van der Waals surface area contributed by atoms with Crippen LogP contribution in [0.2, 0.25) is 0 Å². The fourth-order valence-corrected chi connectivity index (χ4v) is 4.93. The maximum atomic E-state index is 13.2. The summed E-state index contributed by atoms with van der Waals surface area (Å²) in [5.41, 5.74) is 2.93. The predicted octanol–water partition coefficient (Wildman–Crippen LogP) is 3.09. The van der Waals surface area contributed by atoms with Gasteiger partial charge >= 0.3 is 0 Å². The Morgan fingerprint density at radius 2 is 1.69 bits per heavy atom. The SMILES string of the molecule is Cc1ccc(C(=O)N2CCc3nc(N4CCCC4)nc(N4CCCC4)c3C2)cc1[N+](=O)[O-]. The van der Waals surface area contributed by atoms with E-state index in [1.165, 1.54) is 18.9 Å². The van der Waals surface area contributed by atoms with Gasteiger partial charge in [-0.2, -0.15) is 4.98 Å². The number of amides is 1. The molecule has 0 atom stereocenters. The monoisotopic (exact) mass is 436 g/mol. The van der Waals surface area contributed by atoms with Gasteiger partial charge in [0.1, 0.15) is 5.82 Å².